The quantitative estimate of drug-likeness (QED) is 0.400. The highest BCUT2D eigenvalue weighted by Crippen LogP contribution is 2.10. The second-order valence-corrected chi connectivity index (χ2v) is 2.26. The molecule has 1 saturated heterocycles. The fourth-order valence-electron chi connectivity index (χ4n) is 0.931. The molecule has 2 atom stereocenters. The van der Waals surface area contributed by atoms with Crippen LogP contribution in [0.4, 0.5) is 0 Å². The molecule has 1 heterocycles. The summed E-state index contributed by atoms with van der Waals surface area (Å²) in [7, 11) is 0. The molecule has 9 heavy (non-hydrogen) atoms. The lowest BCUT2D eigenvalue weighted by Gasteiger charge is -1.99. The molecule has 4 nitrogen and oxygen atoms in total. The summed E-state index contributed by atoms with van der Waals surface area (Å²) in [5, 5.41) is 11.5. The maximum absolute atomic E-state index is 10.4. The van der Waals surface area contributed by atoms with Crippen LogP contribution in [0.2, 0.25) is 0 Å². The molecule has 1 rings (SSSR count). The molecular weight excluding hydrogens is 120 g/mol. The van der Waals surface area contributed by atoms with Crippen molar-refractivity contribution in [2.45, 2.75) is 12.6 Å². The highest BCUT2D eigenvalue weighted by molar-refractivity contribution is 5.77. The third kappa shape index (κ3) is 1.40. The van der Waals surface area contributed by atoms with Crippen molar-refractivity contribution in [1.82, 2.24) is 5.32 Å². The van der Waals surface area contributed by atoms with E-state index in [1.54, 1.807) is 0 Å². The summed E-state index contributed by atoms with van der Waals surface area (Å²) in [5.41, 5.74) is 4.97. The number of amides is 1. The van der Waals surface area contributed by atoms with E-state index in [-0.39, 0.29) is 11.8 Å². The van der Waals surface area contributed by atoms with E-state index in [0.717, 1.165) is 0 Å². The summed E-state index contributed by atoms with van der Waals surface area (Å²) in [5.74, 6) is -0.515. The highest BCUT2D eigenvalue weighted by Gasteiger charge is 2.25. The van der Waals surface area contributed by atoms with Gasteiger partial charge in [-0.25, -0.2) is 0 Å². The summed E-state index contributed by atoms with van der Waals surface area (Å²) in [6, 6.07) is 0. The van der Waals surface area contributed by atoms with Gasteiger partial charge in [0.2, 0.25) is 5.91 Å². The fraction of sp³-hybridized carbons (Fsp3) is 0.800. The molecule has 0 radical (unpaired) electrons. The van der Waals surface area contributed by atoms with E-state index >= 15 is 0 Å². The fourth-order valence-corrected chi connectivity index (χ4v) is 0.931. The van der Waals surface area contributed by atoms with Crippen LogP contribution >= 0.6 is 0 Å². The first kappa shape index (κ1) is 6.51. The molecule has 0 spiro atoms. The van der Waals surface area contributed by atoms with Gasteiger partial charge in [-0.15, -0.1) is 0 Å². The van der Waals surface area contributed by atoms with Crippen molar-refractivity contribution in [3.8, 4) is 0 Å². The summed E-state index contributed by atoms with van der Waals surface area (Å²) in [6.07, 6.45) is -0.0856. The maximum atomic E-state index is 10.4. The molecule has 4 heteroatoms. The molecule has 0 bridgehead atoms. The van der Waals surface area contributed by atoms with E-state index < -0.39 is 6.23 Å². The van der Waals surface area contributed by atoms with Gasteiger partial charge in [-0.2, -0.15) is 0 Å². The molecule has 0 aliphatic carbocycles. The van der Waals surface area contributed by atoms with Gasteiger partial charge in [0.1, 0.15) is 6.23 Å². The third-order valence-corrected chi connectivity index (χ3v) is 1.51. The molecule has 1 unspecified atom stereocenters. The summed E-state index contributed by atoms with van der Waals surface area (Å²) < 4.78 is 0. The second-order valence-electron chi connectivity index (χ2n) is 2.26. The molecule has 52 valence electrons. The van der Waals surface area contributed by atoms with Crippen LogP contribution in [0.5, 0.6) is 0 Å². The number of nitrogens with two attached hydrogens (primary N) is 1. The van der Waals surface area contributed by atoms with Crippen LogP contribution in [-0.4, -0.2) is 23.8 Å². The SMILES string of the molecule is NC(=O)[C@@H]1CNC(O)C1. The highest BCUT2D eigenvalue weighted by atomic mass is 16.3. The van der Waals surface area contributed by atoms with Gasteiger partial charge in [0.15, 0.2) is 0 Å². The Bertz CT molecular complexity index is 126. The number of primary amides is 1. The van der Waals surface area contributed by atoms with Gasteiger partial charge in [-0.05, 0) is 6.42 Å². The lowest BCUT2D eigenvalue weighted by molar-refractivity contribution is -0.121. The topological polar surface area (TPSA) is 75.4 Å². The molecule has 0 aromatic rings. The van der Waals surface area contributed by atoms with Crippen molar-refractivity contribution in [3.63, 3.8) is 0 Å². The van der Waals surface area contributed by atoms with E-state index in [1.807, 2.05) is 0 Å². The molecule has 0 aromatic carbocycles. The molecule has 1 aliphatic heterocycles. The van der Waals surface area contributed by atoms with E-state index in [0.29, 0.717) is 13.0 Å². The molecule has 1 amide bonds. The lowest BCUT2D eigenvalue weighted by atomic mass is 10.1. The first-order valence-electron chi connectivity index (χ1n) is 2.91. The minimum absolute atomic E-state index is 0.181. The molecular formula is C5H10N2O2. The van der Waals surface area contributed by atoms with Gasteiger partial charge >= 0.3 is 0 Å². The minimum Gasteiger partial charge on any atom is -0.379 e. The predicted octanol–water partition coefficient (Wildman–Crippen LogP) is -1.60. The second kappa shape index (κ2) is 2.33. The van der Waals surface area contributed by atoms with Crippen LogP contribution in [-0.2, 0) is 4.79 Å². The van der Waals surface area contributed by atoms with E-state index in [2.05, 4.69) is 5.32 Å². The Kier molecular flexibility index (Phi) is 1.68. The van der Waals surface area contributed by atoms with E-state index in [9.17, 15) is 4.79 Å². The third-order valence-electron chi connectivity index (χ3n) is 1.51. The molecule has 1 fully saturated rings. The zero-order valence-corrected chi connectivity index (χ0v) is 5.00. The Morgan fingerprint density at radius 3 is 2.67 bits per heavy atom. The Morgan fingerprint density at radius 1 is 1.78 bits per heavy atom. The van der Waals surface area contributed by atoms with Crippen LogP contribution in [0.1, 0.15) is 6.42 Å². The predicted molar refractivity (Wildman–Crippen MR) is 31.3 cm³/mol. The van der Waals surface area contributed by atoms with Crippen LogP contribution < -0.4 is 11.1 Å². The number of hydrogen-bond donors (Lipinski definition) is 3. The lowest BCUT2D eigenvalue weighted by Crippen LogP contribution is -2.25. The molecule has 0 aromatic heterocycles. The molecule has 4 N–H and O–H groups in total. The summed E-state index contributed by atoms with van der Waals surface area (Å²) in [4.78, 5) is 10.4. The molecule has 0 saturated carbocycles. The van der Waals surface area contributed by atoms with Crippen LogP contribution in [0.3, 0.4) is 0 Å². The number of aliphatic hydroxyl groups excluding tert-OH is 1. The van der Waals surface area contributed by atoms with Crippen molar-refractivity contribution in [2.24, 2.45) is 11.7 Å². The van der Waals surface area contributed by atoms with Gasteiger partial charge in [0, 0.05) is 6.54 Å². The average molecular weight is 130 g/mol. The van der Waals surface area contributed by atoms with Crippen molar-refractivity contribution < 1.29 is 9.90 Å². The Morgan fingerprint density at radius 2 is 2.44 bits per heavy atom. The number of carbonyl (C=O) groups excluding carboxylic acids is 1. The van der Waals surface area contributed by atoms with Gasteiger partial charge in [0.05, 0.1) is 5.92 Å². The number of aliphatic hydroxyl groups is 1. The largest absolute Gasteiger partial charge is 0.379 e. The Labute approximate surface area is 53.0 Å². The number of nitrogens with one attached hydrogen (secondary N) is 1. The number of carbonyl (C=O) groups is 1. The smallest absolute Gasteiger partial charge is 0.221 e. The molecule has 1 aliphatic rings. The van der Waals surface area contributed by atoms with E-state index in [4.69, 9.17) is 10.8 Å². The first-order valence-corrected chi connectivity index (χ1v) is 2.91. The van der Waals surface area contributed by atoms with Gasteiger partial charge in [-0.3, -0.25) is 10.1 Å². The van der Waals surface area contributed by atoms with Crippen molar-refractivity contribution >= 4 is 5.91 Å². The summed E-state index contributed by atoms with van der Waals surface area (Å²) >= 11 is 0. The number of rotatable bonds is 1. The van der Waals surface area contributed by atoms with Gasteiger partial charge < -0.3 is 10.8 Å². The Balaban J connectivity index is 2.39. The van der Waals surface area contributed by atoms with Gasteiger partial charge in [0.25, 0.3) is 0 Å². The minimum atomic E-state index is -0.539. The van der Waals surface area contributed by atoms with Crippen molar-refractivity contribution in [3.05, 3.63) is 0 Å². The normalized spacial score (nSPS) is 34.8. The number of hydrogen-bond acceptors (Lipinski definition) is 3. The zero-order valence-electron chi connectivity index (χ0n) is 5.00. The first-order chi connectivity index (χ1) is 4.20. The van der Waals surface area contributed by atoms with Gasteiger partial charge in [-0.1, -0.05) is 0 Å². The standard InChI is InChI=1S/C5H10N2O2/c6-5(9)3-1-4(8)7-2-3/h3-4,7-8H,1-2H2,(H2,6,9)/t3-,4?/m0/s1. The zero-order chi connectivity index (χ0) is 6.85. The Hall–Kier alpha value is -0.610. The van der Waals surface area contributed by atoms with Crippen molar-refractivity contribution in [2.75, 3.05) is 6.54 Å². The maximum Gasteiger partial charge on any atom is 0.221 e. The van der Waals surface area contributed by atoms with Crippen LogP contribution in [0.25, 0.3) is 0 Å². The monoisotopic (exact) mass is 130 g/mol. The summed E-state index contributed by atoms with van der Waals surface area (Å²) in [6.45, 7) is 0.510. The van der Waals surface area contributed by atoms with E-state index in [1.165, 1.54) is 0 Å². The average Bonchev–Trinajstić information content (AvgIpc) is 2.14. The van der Waals surface area contributed by atoms with Crippen LogP contribution in [0, 0.1) is 5.92 Å². The van der Waals surface area contributed by atoms with Crippen LogP contribution in [0.15, 0.2) is 0 Å². The van der Waals surface area contributed by atoms with Crippen molar-refractivity contribution in [1.29, 1.82) is 0 Å².